The van der Waals surface area contributed by atoms with Crippen molar-refractivity contribution in [3.8, 4) is 0 Å². The number of carbonyl (C=O) groups excluding carboxylic acids is 1. The molecule has 1 rings (SSSR count). The average molecular weight is 116 g/mol. The van der Waals surface area contributed by atoms with Crippen LogP contribution in [-0.4, -0.2) is 11.0 Å². The highest BCUT2D eigenvalue weighted by Gasteiger charge is 2.15. The molecule has 0 saturated carbocycles. The summed E-state index contributed by atoms with van der Waals surface area (Å²) in [6, 6.07) is 0. The zero-order valence-electron chi connectivity index (χ0n) is 3.64. The minimum Gasteiger partial charge on any atom is -0.419 e. The molecule has 0 spiro atoms. The van der Waals surface area contributed by atoms with Crippen molar-refractivity contribution >= 4 is 23.2 Å². The lowest BCUT2D eigenvalue weighted by Gasteiger charge is -1.83. The van der Waals surface area contributed by atoms with Gasteiger partial charge in [0, 0.05) is 6.42 Å². The summed E-state index contributed by atoms with van der Waals surface area (Å²) < 4.78 is 4.45. The number of hydrogen-bond acceptors (Lipinski definition) is 3. The standard InChI is InChI=1S/C4H4O2S/c5-3-1-2-4(7)6-3/h1-2H2. The van der Waals surface area contributed by atoms with E-state index in [1.54, 1.807) is 0 Å². The number of cyclic esters (lactones) is 1. The fourth-order valence-corrected chi connectivity index (χ4v) is 0.628. The van der Waals surface area contributed by atoms with Gasteiger partial charge in [-0.15, -0.1) is 0 Å². The maximum Gasteiger partial charge on any atom is 0.312 e. The van der Waals surface area contributed by atoms with Crippen molar-refractivity contribution in [3.05, 3.63) is 0 Å². The fraction of sp³-hybridized carbons (Fsp3) is 0.500. The Morgan fingerprint density at radius 2 is 2.29 bits per heavy atom. The number of rotatable bonds is 0. The van der Waals surface area contributed by atoms with Gasteiger partial charge in [0.05, 0.1) is 6.42 Å². The molecule has 0 radical (unpaired) electrons. The molecule has 1 heterocycles. The molecule has 1 fully saturated rings. The van der Waals surface area contributed by atoms with Gasteiger partial charge in [0.1, 0.15) is 0 Å². The Morgan fingerprint density at radius 1 is 1.57 bits per heavy atom. The minimum atomic E-state index is -0.190. The van der Waals surface area contributed by atoms with Gasteiger partial charge in [-0.3, -0.25) is 4.79 Å². The van der Waals surface area contributed by atoms with E-state index in [2.05, 4.69) is 17.0 Å². The summed E-state index contributed by atoms with van der Waals surface area (Å²) in [5, 5.41) is 0.435. The topological polar surface area (TPSA) is 26.3 Å². The maximum absolute atomic E-state index is 10.1. The molecule has 0 aromatic carbocycles. The molecule has 3 heteroatoms. The van der Waals surface area contributed by atoms with E-state index in [0.29, 0.717) is 17.9 Å². The fourth-order valence-electron chi connectivity index (χ4n) is 0.433. The first kappa shape index (κ1) is 4.71. The number of carbonyl (C=O) groups is 1. The molecule has 1 aliphatic heterocycles. The van der Waals surface area contributed by atoms with Gasteiger partial charge in [0.2, 0.25) is 0 Å². The van der Waals surface area contributed by atoms with E-state index in [-0.39, 0.29) is 5.97 Å². The van der Waals surface area contributed by atoms with Gasteiger partial charge in [-0.1, -0.05) is 0 Å². The van der Waals surface area contributed by atoms with Gasteiger partial charge >= 0.3 is 5.97 Å². The first-order chi connectivity index (χ1) is 3.29. The molecule has 7 heavy (non-hydrogen) atoms. The summed E-state index contributed by atoms with van der Waals surface area (Å²) in [6.45, 7) is 0. The van der Waals surface area contributed by atoms with Crippen molar-refractivity contribution in [2.24, 2.45) is 0 Å². The Labute approximate surface area is 46.5 Å². The normalized spacial score (nSPS) is 20.0. The summed E-state index contributed by atoms with van der Waals surface area (Å²) in [6.07, 6.45) is 1.10. The highest BCUT2D eigenvalue weighted by Crippen LogP contribution is 2.06. The smallest absolute Gasteiger partial charge is 0.312 e. The van der Waals surface area contributed by atoms with E-state index in [1.807, 2.05) is 0 Å². The van der Waals surface area contributed by atoms with Crippen molar-refractivity contribution in [2.45, 2.75) is 12.8 Å². The Balaban J connectivity index is 2.55. The van der Waals surface area contributed by atoms with Crippen molar-refractivity contribution in [1.29, 1.82) is 0 Å². The van der Waals surface area contributed by atoms with Gasteiger partial charge in [0.15, 0.2) is 5.05 Å². The molecule has 1 saturated heterocycles. The Kier molecular flexibility index (Phi) is 1.06. The maximum atomic E-state index is 10.1. The van der Waals surface area contributed by atoms with Gasteiger partial charge in [-0.25, -0.2) is 0 Å². The van der Waals surface area contributed by atoms with Gasteiger partial charge in [0.25, 0.3) is 0 Å². The largest absolute Gasteiger partial charge is 0.419 e. The van der Waals surface area contributed by atoms with E-state index in [4.69, 9.17) is 0 Å². The molecule has 0 aliphatic carbocycles. The first-order valence-corrected chi connectivity index (χ1v) is 2.43. The molecule has 2 nitrogen and oxygen atoms in total. The Bertz CT molecular complexity index is 105. The summed E-state index contributed by atoms with van der Waals surface area (Å²) in [5.74, 6) is -0.190. The SMILES string of the molecule is O=C1CCC(=S)O1. The number of hydrogen-bond donors (Lipinski definition) is 0. The third-order valence-corrected chi connectivity index (χ3v) is 1.05. The molecule has 0 aromatic heterocycles. The van der Waals surface area contributed by atoms with Crippen molar-refractivity contribution in [3.63, 3.8) is 0 Å². The van der Waals surface area contributed by atoms with Crippen LogP contribution in [0.1, 0.15) is 12.8 Å². The predicted molar refractivity (Wildman–Crippen MR) is 27.9 cm³/mol. The molecule has 1 aliphatic rings. The average Bonchev–Trinajstić information content (AvgIpc) is 1.87. The van der Waals surface area contributed by atoms with Crippen LogP contribution >= 0.6 is 12.2 Å². The lowest BCUT2D eigenvalue weighted by molar-refractivity contribution is -0.132. The van der Waals surface area contributed by atoms with Crippen LogP contribution in [0.4, 0.5) is 0 Å². The number of ether oxygens (including phenoxy) is 1. The van der Waals surface area contributed by atoms with Gasteiger partial charge in [-0.2, -0.15) is 0 Å². The van der Waals surface area contributed by atoms with E-state index < -0.39 is 0 Å². The molecule has 38 valence electrons. The van der Waals surface area contributed by atoms with Crippen LogP contribution in [0.5, 0.6) is 0 Å². The van der Waals surface area contributed by atoms with Gasteiger partial charge < -0.3 is 4.74 Å². The zero-order valence-corrected chi connectivity index (χ0v) is 4.46. The third kappa shape index (κ3) is 0.962. The summed E-state index contributed by atoms with van der Waals surface area (Å²) in [7, 11) is 0. The molecular weight excluding hydrogens is 112 g/mol. The third-order valence-electron chi connectivity index (χ3n) is 0.761. The second-order valence-electron chi connectivity index (χ2n) is 1.35. The molecule has 0 unspecified atom stereocenters. The summed E-state index contributed by atoms with van der Waals surface area (Å²) in [4.78, 5) is 10.1. The second-order valence-corrected chi connectivity index (χ2v) is 1.80. The highest BCUT2D eigenvalue weighted by atomic mass is 32.1. The van der Waals surface area contributed by atoms with Gasteiger partial charge in [-0.05, 0) is 12.2 Å². The van der Waals surface area contributed by atoms with Crippen molar-refractivity contribution in [2.75, 3.05) is 0 Å². The lowest BCUT2D eigenvalue weighted by Crippen LogP contribution is -1.92. The van der Waals surface area contributed by atoms with E-state index in [9.17, 15) is 4.79 Å². The van der Waals surface area contributed by atoms with Crippen LogP contribution in [0.2, 0.25) is 0 Å². The Morgan fingerprint density at radius 3 is 2.43 bits per heavy atom. The molecule has 0 bridgehead atoms. The van der Waals surface area contributed by atoms with Crippen LogP contribution in [0.15, 0.2) is 0 Å². The minimum absolute atomic E-state index is 0.190. The number of esters is 1. The first-order valence-electron chi connectivity index (χ1n) is 2.02. The van der Waals surface area contributed by atoms with Crippen LogP contribution in [0, 0.1) is 0 Å². The van der Waals surface area contributed by atoms with Crippen molar-refractivity contribution < 1.29 is 9.53 Å². The van der Waals surface area contributed by atoms with E-state index in [1.165, 1.54) is 0 Å². The predicted octanol–water partition coefficient (Wildman–Crippen LogP) is 0.651. The summed E-state index contributed by atoms with van der Waals surface area (Å²) >= 11 is 4.55. The van der Waals surface area contributed by atoms with Crippen LogP contribution in [0.25, 0.3) is 0 Å². The Hall–Kier alpha value is -0.440. The quantitative estimate of drug-likeness (QED) is 0.343. The molecule has 0 atom stereocenters. The van der Waals surface area contributed by atoms with Crippen LogP contribution in [-0.2, 0) is 9.53 Å². The number of thiocarbonyl (C=S) groups is 1. The zero-order chi connectivity index (χ0) is 5.28. The van der Waals surface area contributed by atoms with E-state index in [0.717, 1.165) is 0 Å². The molecule has 0 aromatic rings. The van der Waals surface area contributed by atoms with Crippen molar-refractivity contribution in [1.82, 2.24) is 0 Å². The molecule has 0 amide bonds. The molecular formula is C4H4O2S. The molecule has 0 N–H and O–H groups in total. The van der Waals surface area contributed by atoms with E-state index >= 15 is 0 Å². The monoisotopic (exact) mass is 116 g/mol. The highest BCUT2D eigenvalue weighted by molar-refractivity contribution is 7.80. The summed E-state index contributed by atoms with van der Waals surface area (Å²) in [5.41, 5.74) is 0. The van der Waals surface area contributed by atoms with Crippen LogP contribution < -0.4 is 0 Å². The lowest BCUT2D eigenvalue weighted by atomic mass is 10.4. The second kappa shape index (κ2) is 1.58. The van der Waals surface area contributed by atoms with Crippen LogP contribution in [0.3, 0.4) is 0 Å².